The van der Waals surface area contributed by atoms with Crippen molar-refractivity contribution in [3.05, 3.63) is 89.5 Å². The van der Waals surface area contributed by atoms with Gasteiger partial charge in [-0.25, -0.2) is 0 Å². The molecule has 0 radical (unpaired) electrons. The van der Waals surface area contributed by atoms with Crippen LogP contribution in [0.1, 0.15) is 28.4 Å². The predicted molar refractivity (Wildman–Crippen MR) is 121 cm³/mol. The SMILES string of the molecule is CCOc1ccccc1OCC(=O)Nc1ccccc1C(=O)NCc1ccc(C)cc1. The zero-order valence-corrected chi connectivity index (χ0v) is 17.7. The first kappa shape index (κ1) is 21.9. The van der Waals surface area contributed by atoms with E-state index in [2.05, 4.69) is 10.6 Å². The van der Waals surface area contributed by atoms with Crippen LogP contribution < -0.4 is 20.1 Å². The molecule has 160 valence electrons. The van der Waals surface area contributed by atoms with Crippen molar-refractivity contribution in [3.63, 3.8) is 0 Å². The van der Waals surface area contributed by atoms with E-state index in [0.29, 0.717) is 35.9 Å². The molecule has 0 atom stereocenters. The van der Waals surface area contributed by atoms with Crippen LogP contribution in [-0.2, 0) is 11.3 Å². The number of aryl methyl sites for hydroxylation is 1. The number of benzene rings is 3. The number of carbonyl (C=O) groups excluding carboxylic acids is 2. The zero-order valence-electron chi connectivity index (χ0n) is 17.7. The van der Waals surface area contributed by atoms with Crippen molar-refractivity contribution in [2.45, 2.75) is 20.4 Å². The molecule has 0 fully saturated rings. The largest absolute Gasteiger partial charge is 0.490 e. The van der Waals surface area contributed by atoms with Gasteiger partial charge in [0.2, 0.25) is 0 Å². The van der Waals surface area contributed by atoms with Gasteiger partial charge in [0.05, 0.1) is 17.9 Å². The Labute approximate surface area is 182 Å². The van der Waals surface area contributed by atoms with Crippen molar-refractivity contribution in [1.82, 2.24) is 5.32 Å². The van der Waals surface area contributed by atoms with Gasteiger partial charge in [0.15, 0.2) is 18.1 Å². The summed E-state index contributed by atoms with van der Waals surface area (Å²) in [6, 6.07) is 22.0. The zero-order chi connectivity index (χ0) is 22.1. The second-order valence-electron chi connectivity index (χ2n) is 6.93. The molecule has 0 spiro atoms. The summed E-state index contributed by atoms with van der Waals surface area (Å²) >= 11 is 0. The summed E-state index contributed by atoms with van der Waals surface area (Å²) in [6.07, 6.45) is 0. The summed E-state index contributed by atoms with van der Waals surface area (Å²) in [7, 11) is 0. The summed E-state index contributed by atoms with van der Waals surface area (Å²) in [6.45, 7) is 4.59. The number of hydrogen-bond donors (Lipinski definition) is 2. The number of ether oxygens (including phenoxy) is 2. The number of nitrogens with one attached hydrogen (secondary N) is 2. The van der Waals surface area contributed by atoms with Crippen LogP contribution >= 0.6 is 0 Å². The Bertz CT molecular complexity index is 1030. The van der Waals surface area contributed by atoms with Crippen molar-refractivity contribution >= 4 is 17.5 Å². The van der Waals surface area contributed by atoms with Gasteiger partial charge in [-0.1, -0.05) is 54.1 Å². The van der Waals surface area contributed by atoms with Gasteiger partial charge in [-0.3, -0.25) is 9.59 Å². The Balaban J connectivity index is 1.60. The molecule has 2 amide bonds. The molecular formula is C25H26N2O4. The third-order valence-corrected chi connectivity index (χ3v) is 4.53. The van der Waals surface area contributed by atoms with Crippen LogP contribution in [0.2, 0.25) is 0 Å². The molecule has 3 aromatic rings. The first-order valence-electron chi connectivity index (χ1n) is 10.1. The second kappa shape index (κ2) is 10.8. The van der Waals surface area contributed by atoms with Gasteiger partial charge in [-0.2, -0.15) is 0 Å². The third kappa shape index (κ3) is 6.34. The molecule has 0 bridgehead atoms. The van der Waals surface area contributed by atoms with E-state index in [-0.39, 0.29) is 18.4 Å². The Morgan fingerprint density at radius 3 is 2.19 bits per heavy atom. The molecule has 0 aliphatic carbocycles. The summed E-state index contributed by atoms with van der Waals surface area (Å²) in [5.74, 6) is 0.432. The molecule has 0 unspecified atom stereocenters. The maximum absolute atomic E-state index is 12.7. The molecule has 0 heterocycles. The third-order valence-electron chi connectivity index (χ3n) is 4.53. The molecular weight excluding hydrogens is 392 g/mol. The second-order valence-corrected chi connectivity index (χ2v) is 6.93. The summed E-state index contributed by atoms with van der Waals surface area (Å²) in [5.41, 5.74) is 2.98. The van der Waals surface area contributed by atoms with Crippen LogP contribution in [0, 0.1) is 6.92 Å². The summed E-state index contributed by atoms with van der Waals surface area (Å²) in [5, 5.41) is 5.64. The van der Waals surface area contributed by atoms with Crippen molar-refractivity contribution < 1.29 is 19.1 Å². The molecule has 2 N–H and O–H groups in total. The van der Waals surface area contributed by atoms with E-state index in [0.717, 1.165) is 11.1 Å². The molecule has 0 saturated heterocycles. The highest BCUT2D eigenvalue weighted by Crippen LogP contribution is 2.26. The normalized spacial score (nSPS) is 10.3. The van der Waals surface area contributed by atoms with Crippen molar-refractivity contribution in [2.24, 2.45) is 0 Å². The molecule has 0 saturated carbocycles. The van der Waals surface area contributed by atoms with Crippen LogP contribution in [0.25, 0.3) is 0 Å². The lowest BCUT2D eigenvalue weighted by molar-refractivity contribution is -0.118. The van der Waals surface area contributed by atoms with Crippen LogP contribution in [0.15, 0.2) is 72.8 Å². The average molecular weight is 418 g/mol. The fourth-order valence-corrected chi connectivity index (χ4v) is 2.95. The standard InChI is InChI=1S/C25H26N2O4/c1-3-30-22-10-6-7-11-23(22)31-17-24(28)27-21-9-5-4-8-20(21)25(29)26-16-19-14-12-18(2)13-15-19/h4-15H,3,16-17H2,1-2H3,(H,26,29)(H,27,28). The van der Waals surface area contributed by atoms with Crippen LogP contribution in [0.4, 0.5) is 5.69 Å². The van der Waals surface area contributed by atoms with Crippen LogP contribution in [0.3, 0.4) is 0 Å². The van der Waals surface area contributed by atoms with E-state index in [4.69, 9.17) is 9.47 Å². The van der Waals surface area contributed by atoms with E-state index in [1.54, 1.807) is 36.4 Å². The lowest BCUT2D eigenvalue weighted by Gasteiger charge is -2.13. The van der Waals surface area contributed by atoms with Gasteiger partial charge in [0.25, 0.3) is 11.8 Å². The van der Waals surface area contributed by atoms with Crippen molar-refractivity contribution in [3.8, 4) is 11.5 Å². The van der Waals surface area contributed by atoms with E-state index < -0.39 is 0 Å². The average Bonchev–Trinajstić information content (AvgIpc) is 2.78. The molecule has 0 aromatic heterocycles. The number of para-hydroxylation sites is 3. The minimum absolute atomic E-state index is 0.205. The van der Waals surface area contributed by atoms with Gasteiger partial charge < -0.3 is 20.1 Å². The van der Waals surface area contributed by atoms with E-state index in [9.17, 15) is 9.59 Å². The highest BCUT2D eigenvalue weighted by atomic mass is 16.5. The number of hydrogen-bond acceptors (Lipinski definition) is 4. The molecule has 6 nitrogen and oxygen atoms in total. The molecule has 0 aliphatic heterocycles. The fraction of sp³-hybridized carbons (Fsp3) is 0.200. The Morgan fingerprint density at radius 1 is 0.839 bits per heavy atom. The van der Waals surface area contributed by atoms with E-state index >= 15 is 0 Å². The fourth-order valence-electron chi connectivity index (χ4n) is 2.95. The smallest absolute Gasteiger partial charge is 0.262 e. The maximum atomic E-state index is 12.7. The predicted octanol–water partition coefficient (Wildman–Crippen LogP) is 4.34. The van der Waals surface area contributed by atoms with Gasteiger partial charge >= 0.3 is 0 Å². The highest BCUT2D eigenvalue weighted by molar-refractivity contribution is 6.04. The van der Waals surface area contributed by atoms with E-state index in [1.807, 2.05) is 50.2 Å². The maximum Gasteiger partial charge on any atom is 0.262 e. The molecule has 6 heteroatoms. The van der Waals surface area contributed by atoms with Crippen LogP contribution in [-0.4, -0.2) is 25.0 Å². The van der Waals surface area contributed by atoms with E-state index in [1.165, 1.54) is 0 Å². The van der Waals surface area contributed by atoms with Crippen LogP contribution in [0.5, 0.6) is 11.5 Å². The lowest BCUT2D eigenvalue weighted by Crippen LogP contribution is -2.26. The number of amides is 2. The number of anilines is 1. The van der Waals surface area contributed by atoms with Crippen molar-refractivity contribution in [2.75, 3.05) is 18.5 Å². The van der Waals surface area contributed by atoms with Gasteiger partial charge in [-0.15, -0.1) is 0 Å². The van der Waals surface area contributed by atoms with Crippen molar-refractivity contribution in [1.29, 1.82) is 0 Å². The number of carbonyl (C=O) groups is 2. The topological polar surface area (TPSA) is 76.7 Å². The van der Waals surface area contributed by atoms with Gasteiger partial charge in [-0.05, 0) is 43.7 Å². The summed E-state index contributed by atoms with van der Waals surface area (Å²) < 4.78 is 11.1. The molecule has 3 rings (SSSR count). The van der Waals surface area contributed by atoms with Gasteiger partial charge in [0.1, 0.15) is 0 Å². The Kier molecular flexibility index (Phi) is 7.65. The van der Waals surface area contributed by atoms with Gasteiger partial charge in [0, 0.05) is 6.54 Å². The Morgan fingerprint density at radius 2 is 1.48 bits per heavy atom. The lowest BCUT2D eigenvalue weighted by atomic mass is 10.1. The minimum Gasteiger partial charge on any atom is -0.490 e. The molecule has 3 aromatic carbocycles. The first-order chi connectivity index (χ1) is 15.1. The highest BCUT2D eigenvalue weighted by Gasteiger charge is 2.14. The minimum atomic E-state index is -0.370. The number of rotatable bonds is 9. The Hall–Kier alpha value is -3.80. The molecule has 0 aliphatic rings. The molecule has 31 heavy (non-hydrogen) atoms. The summed E-state index contributed by atoms with van der Waals surface area (Å²) in [4.78, 5) is 25.1. The first-order valence-corrected chi connectivity index (χ1v) is 10.1. The quantitative estimate of drug-likeness (QED) is 0.542. The monoisotopic (exact) mass is 418 g/mol.